The fourth-order valence-electron chi connectivity index (χ4n) is 2.67. The third-order valence-corrected chi connectivity index (χ3v) is 3.54. The van der Waals surface area contributed by atoms with Crippen molar-refractivity contribution in [2.75, 3.05) is 20.2 Å². The summed E-state index contributed by atoms with van der Waals surface area (Å²) in [6.07, 6.45) is 4.51. The molecule has 6 heteroatoms. The van der Waals surface area contributed by atoms with Crippen molar-refractivity contribution in [1.82, 2.24) is 5.32 Å². The number of ether oxygens (including phenoxy) is 1. The molecular formula is C12H22N4O2. The Hall–Kier alpha value is -1.26. The van der Waals surface area contributed by atoms with Crippen LogP contribution in [0, 0.1) is 11.8 Å². The summed E-state index contributed by atoms with van der Waals surface area (Å²) in [4.78, 5) is 14.5. The summed E-state index contributed by atoms with van der Waals surface area (Å²) in [6, 6.07) is -0.272. The van der Waals surface area contributed by atoms with Gasteiger partial charge in [-0.1, -0.05) is 24.9 Å². The normalized spacial score (nSPS) is 25.0. The monoisotopic (exact) mass is 254 g/mol. The van der Waals surface area contributed by atoms with Gasteiger partial charge in [-0.25, -0.2) is 0 Å². The first-order valence-electron chi connectivity index (χ1n) is 6.51. The van der Waals surface area contributed by atoms with Gasteiger partial charge < -0.3 is 10.1 Å². The number of methoxy groups -OCH3 is 1. The lowest BCUT2D eigenvalue weighted by molar-refractivity contribution is -0.145. The second-order valence-electron chi connectivity index (χ2n) is 4.94. The van der Waals surface area contributed by atoms with E-state index in [-0.39, 0.29) is 12.0 Å². The zero-order valence-electron chi connectivity index (χ0n) is 11.1. The summed E-state index contributed by atoms with van der Waals surface area (Å²) in [7, 11) is 1.41. The van der Waals surface area contributed by atoms with E-state index in [0.717, 1.165) is 19.3 Å². The molecule has 1 aliphatic rings. The minimum Gasteiger partial charge on any atom is -0.468 e. The van der Waals surface area contributed by atoms with Crippen LogP contribution < -0.4 is 5.32 Å². The van der Waals surface area contributed by atoms with Crippen LogP contribution in [-0.4, -0.2) is 32.2 Å². The van der Waals surface area contributed by atoms with E-state index in [9.17, 15) is 4.79 Å². The van der Waals surface area contributed by atoms with Crippen molar-refractivity contribution in [3.63, 3.8) is 0 Å². The zero-order valence-corrected chi connectivity index (χ0v) is 11.1. The number of nitrogens with zero attached hydrogens (tertiary/aromatic N) is 3. The number of esters is 1. The molecule has 1 fully saturated rings. The van der Waals surface area contributed by atoms with Crippen LogP contribution in [0.1, 0.15) is 32.6 Å². The smallest absolute Gasteiger partial charge is 0.323 e. The Labute approximate surface area is 108 Å². The third kappa shape index (κ3) is 4.55. The van der Waals surface area contributed by atoms with Crippen molar-refractivity contribution in [3.8, 4) is 0 Å². The van der Waals surface area contributed by atoms with Crippen LogP contribution in [-0.2, 0) is 9.53 Å². The van der Waals surface area contributed by atoms with Crippen LogP contribution in [0.2, 0.25) is 0 Å². The molecule has 0 spiro atoms. The number of rotatable bonds is 6. The molecule has 0 heterocycles. The van der Waals surface area contributed by atoms with E-state index >= 15 is 0 Å². The molecule has 0 aromatic rings. The maximum absolute atomic E-state index is 11.8. The van der Waals surface area contributed by atoms with Gasteiger partial charge in [-0.05, 0) is 30.2 Å². The van der Waals surface area contributed by atoms with Gasteiger partial charge in [-0.2, -0.15) is 0 Å². The summed E-state index contributed by atoms with van der Waals surface area (Å²) in [5.41, 5.74) is 8.21. The second kappa shape index (κ2) is 7.95. The van der Waals surface area contributed by atoms with E-state index in [1.165, 1.54) is 13.5 Å². The van der Waals surface area contributed by atoms with Gasteiger partial charge in [0.25, 0.3) is 0 Å². The standard InChI is InChI=1S/C12H22N4O2/c1-9-4-3-5-10(8-9)11(12(17)18-2)14-6-7-15-16-13/h9-11,14H,3-8H2,1-2H3. The zero-order chi connectivity index (χ0) is 13.4. The van der Waals surface area contributed by atoms with Gasteiger partial charge in [0.2, 0.25) is 0 Å². The third-order valence-electron chi connectivity index (χ3n) is 3.54. The van der Waals surface area contributed by atoms with Crippen LogP contribution in [0.3, 0.4) is 0 Å². The minimum absolute atomic E-state index is 0.213. The summed E-state index contributed by atoms with van der Waals surface area (Å²) in [5, 5.41) is 6.61. The molecule has 1 N–H and O–H groups in total. The highest BCUT2D eigenvalue weighted by Gasteiger charge is 2.31. The number of nitrogens with one attached hydrogen (secondary N) is 1. The first-order chi connectivity index (χ1) is 8.69. The highest BCUT2D eigenvalue weighted by molar-refractivity contribution is 5.76. The molecule has 0 aromatic carbocycles. The Bertz CT molecular complexity index is 315. The van der Waals surface area contributed by atoms with E-state index in [4.69, 9.17) is 10.3 Å². The molecule has 0 aliphatic heterocycles. The molecule has 102 valence electrons. The highest BCUT2D eigenvalue weighted by atomic mass is 16.5. The number of azide groups is 1. The molecule has 1 rings (SSSR count). The molecule has 0 saturated heterocycles. The van der Waals surface area contributed by atoms with Crippen LogP contribution in [0.4, 0.5) is 0 Å². The van der Waals surface area contributed by atoms with E-state index in [1.807, 2.05) is 0 Å². The van der Waals surface area contributed by atoms with Crippen LogP contribution in [0.5, 0.6) is 0 Å². The van der Waals surface area contributed by atoms with Crippen molar-refractivity contribution in [2.24, 2.45) is 17.0 Å². The Morgan fingerprint density at radius 2 is 2.39 bits per heavy atom. The molecule has 1 saturated carbocycles. The van der Waals surface area contributed by atoms with E-state index < -0.39 is 0 Å². The second-order valence-corrected chi connectivity index (χ2v) is 4.94. The van der Waals surface area contributed by atoms with Crippen LogP contribution in [0.25, 0.3) is 10.4 Å². The summed E-state index contributed by atoms with van der Waals surface area (Å²) >= 11 is 0. The Balaban J connectivity index is 2.53. The van der Waals surface area contributed by atoms with E-state index in [1.54, 1.807) is 0 Å². The fourth-order valence-corrected chi connectivity index (χ4v) is 2.67. The molecule has 0 aromatic heterocycles. The number of carbonyl (C=O) groups excluding carboxylic acids is 1. The van der Waals surface area contributed by atoms with Gasteiger partial charge in [0.05, 0.1) is 7.11 Å². The number of hydrogen-bond acceptors (Lipinski definition) is 4. The lowest BCUT2D eigenvalue weighted by Crippen LogP contribution is -2.46. The Morgan fingerprint density at radius 3 is 3.00 bits per heavy atom. The van der Waals surface area contributed by atoms with Gasteiger partial charge in [0.1, 0.15) is 6.04 Å². The number of carbonyl (C=O) groups is 1. The molecule has 1 aliphatic carbocycles. The SMILES string of the molecule is COC(=O)C(NCCN=[N+]=[N-])C1CCCC(C)C1. The lowest BCUT2D eigenvalue weighted by atomic mass is 9.78. The maximum atomic E-state index is 11.8. The first-order valence-corrected chi connectivity index (χ1v) is 6.51. The molecule has 18 heavy (non-hydrogen) atoms. The molecule has 0 bridgehead atoms. The Kier molecular flexibility index (Phi) is 6.54. The predicted molar refractivity (Wildman–Crippen MR) is 68.9 cm³/mol. The van der Waals surface area contributed by atoms with Crippen molar-refractivity contribution in [3.05, 3.63) is 10.4 Å². The van der Waals surface area contributed by atoms with Gasteiger partial charge in [0.15, 0.2) is 0 Å². The average molecular weight is 254 g/mol. The molecule has 6 nitrogen and oxygen atoms in total. The quantitative estimate of drug-likeness (QED) is 0.259. The van der Waals surface area contributed by atoms with E-state index in [0.29, 0.717) is 24.9 Å². The van der Waals surface area contributed by atoms with E-state index in [2.05, 4.69) is 22.3 Å². The van der Waals surface area contributed by atoms with Gasteiger partial charge in [0, 0.05) is 18.0 Å². The highest BCUT2D eigenvalue weighted by Crippen LogP contribution is 2.31. The summed E-state index contributed by atoms with van der Waals surface area (Å²) in [6.45, 7) is 3.08. The fraction of sp³-hybridized carbons (Fsp3) is 0.917. The number of hydrogen-bond donors (Lipinski definition) is 1. The molecule has 3 unspecified atom stereocenters. The van der Waals surface area contributed by atoms with Crippen molar-refractivity contribution < 1.29 is 9.53 Å². The Morgan fingerprint density at radius 1 is 1.61 bits per heavy atom. The molecular weight excluding hydrogens is 232 g/mol. The lowest BCUT2D eigenvalue weighted by Gasteiger charge is -2.32. The summed E-state index contributed by atoms with van der Waals surface area (Å²) < 4.78 is 4.85. The molecule has 0 radical (unpaired) electrons. The largest absolute Gasteiger partial charge is 0.468 e. The maximum Gasteiger partial charge on any atom is 0.323 e. The van der Waals surface area contributed by atoms with Gasteiger partial charge >= 0.3 is 5.97 Å². The van der Waals surface area contributed by atoms with Crippen molar-refractivity contribution >= 4 is 5.97 Å². The van der Waals surface area contributed by atoms with Gasteiger partial charge in [-0.3, -0.25) is 4.79 Å². The minimum atomic E-state index is -0.272. The average Bonchev–Trinajstić information content (AvgIpc) is 2.38. The van der Waals surface area contributed by atoms with Crippen LogP contribution >= 0.6 is 0 Å². The first kappa shape index (κ1) is 14.8. The molecule has 3 atom stereocenters. The van der Waals surface area contributed by atoms with Crippen molar-refractivity contribution in [2.45, 2.75) is 38.6 Å². The molecule has 0 amide bonds. The summed E-state index contributed by atoms with van der Waals surface area (Å²) in [5.74, 6) is 0.775. The topological polar surface area (TPSA) is 87.1 Å². The van der Waals surface area contributed by atoms with Crippen molar-refractivity contribution in [1.29, 1.82) is 0 Å². The van der Waals surface area contributed by atoms with Gasteiger partial charge in [-0.15, -0.1) is 0 Å². The predicted octanol–water partition coefficient (Wildman–Crippen LogP) is 2.25. The van der Waals surface area contributed by atoms with Crippen LogP contribution in [0.15, 0.2) is 5.11 Å².